The topological polar surface area (TPSA) is 88.4 Å². The van der Waals surface area contributed by atoms with Crippen LogP contribution in [-0.2, 0) is 9.53 Å². The van der Waals surface area contributed by atoms with Crippen LogP contribution in [0.2, 0.25) is 0 Å². The second-order valence-corrected chi connectivity index (χ2v) is 10.9. The van der Waals surface area contributed by atoms with Gasteiger partial charge in [0.05, 0.1) is 42.2 Å². The number of carbonyl (C=O) groups excluding carboxylic acids is 1. The molecule has 4 rings (SSSR count). The van der Waals surface area contributed by atoms with Crippen LogP contribution in [0.3, 0.4) is 0 Å². The molecule has 1 aromatic heterocycles. The number of hydrogen-bond donors (Lipinski definition) is 0. The van der Waals surface area contributed by atoms with Crippen LogP contribution in [0.5, 0.6) is 17.2 Å². The van der Waals surface area contributed by atoms with E-state index in [1.165, 1.54) is 11.3 Å². The lowest BCUT2D eigenvalue weighted by atomic mass is 9.95. The van der Waals surface area contributed by atoms with Crippen molar-refractivity contribution >= 4 is 39.3 Å². The highest BCUT2D eigenvalue weighted by molar-refractivity contribution is 9.10. The van der Waals surface area contributed by atoms with Gasteiger partial charge in [-0.3, -0.25) is 9.36 Å². The average molecular weight is 616 g/mol. The first-order chi connectivity index (χ1) is 18.7. The van der Waals surface area contributed by atoms with Gasteiger partial charge >= 0.3 is 5.97 Å². The molecule has 206 valence electrons. The van der Waals surface area contributed by atoms with E-state index in [9.17, 15) is 9.59 Å². The molecule has 1 aliphatic rings. The predicted molar refractivity (Wildman–Crippen MR) is 154 cm³/mol. The van der Waals surface area contributed by atoms with Crippen molar-refractivity contribution in [2.75, 3.05) is 20.3 Å². The van der Waals surface area contributed by atoms with E-state index in [4.69, 9.17) is 18.9 Å². The number of esters is 1. The van der Waals surface area contributed by atoms with E-state index >= 15 is 0 Å². The summed E-state index contributed by atoms with van der Waals surface area (Å²) in [7, 11) is 1.56. The highest BCUT2D eigenvalue weighted by Gasteiger charge is 2.35. The molecule has 0 bridgehead atoms. The smallest absolute Gasteiger partial charge is 0.338 e. The van der Waals surface area contributed by atoms with Gasteiger partial charge in [0.1, 0.15) is 11.8 Å². The lowest BCUT2D eigenvalue weighted by molar-refractivity contribution is -0.143. The van der Waals surface area contributed by atoms with Crippen LogP contribution >= 0.6 is 27.3 Å². The number of carbonyl (C=O) groups is 1. The normalized spacial score (nSPS) is 15.2. The number of methoxy groups -OCH3 is 1. The van der Waals surface area contributed by atoms with Crippen molar-refractivity contribution in [3.05, 3.63) is 83.0 Å². The number of nitrogens with zero attached hydrogens (tertiary/aromatic N) is 2. The van der Waals surface area contributed by atoms with Gasteiger partial charge in [0.15, 0.2) is 16.3 Å². The van der Waals surface area contributed by atoms with Crippen molar-refractivity contribution in [3.63, 3.8) is 0 Å². The Kier molecular flexibility index (Phi) is 8.97. The van der Waals surface area contributed by atoms with Crippen LogP contribution in [0.15, 0.2) is 61.9 Å². The first kappa shape index (κ1) is 28.6. The molecule has 0 fully saturated rings. The number of rotatable bonds is 9. The van der Waals surface area contributed by atoms with Crippen LogP contribution in [0.25, 0.3) is 6.08 Å². The molecule has 2 heterocycles. The summed E-state index contributed by atoms with van der Waals surface area (Å²) < 4.78 is 25.5. The van der Waals surface area contributed by atoms with Crippen molar-refractivity contribution < 1.29 is 23.7 Å². The largest absolute Gasteiger partial charge is 0.496 e. The summed E-state index contributed by atoms with van der Waals surface area (Å²) >= 11 is 4.78. The molecule has 1 atom stereocenters. The Balaban J connectivity index is 1.94. The van der Waals surface area contributed by atoms with Gasteiger partial charge in [-0.15, -0.1) is 0 Å². The van der Waals surface area contributed by atoms with Gasteiger partial charge in [-0.1, -0.05) is 33.3 Å². The number of fused-ring (bicyclic) bond motifs is 1. The molecule has 39 heavy (non-hydrogen) atoms. The minimum atomic E-state index is -0.790. The lowest BCUT2D eigenvalue weighted by Crippen LogP contribution is -2.40. The quantitative estimate of drug-likeness (QED) is 0.323. The molecular formula is C29H31BrN2O6S. The van der Waals surface area contributed by atoms with Crippen molar-refractivity contribution in [2.24, 2.45) is 4.99 Å². The fourth-order valence-corrected chi connectivity index (χ4v) is 5.81. The van der Waals surface area contributed by atoms with E-state index in [2.05, 4.69) is 20.9 Å². The molecule has 3 aromatic rings. The Morgan fingerprint density at radius 2 is 1.79 bits per heavy atom. The molecule has 0 saturated carbocycles. The maximum Gasteiger partial charge on any atom is 0.338 e. The third-order valence-corrected chi connectivity index (χ3v) is 7.41. The minimum Gasteiger partial charge on any atom is -0.496 e. The summed E-state index contributed by atoms with van der Waals surface area (Å²) in [6, 6.07) is 10.2. The fourth-order valence-electron chi connectivity index (χ4n) is 4.38. The van der Waals surface area contributed by atoms with Gasteiger partial charge in [-0.05, 0) is 76.6 Å². The zero-order valence-electron chi connectivity index (χ0n) is 22.7. The number of aromatic nitrogens is 1. The number of ether oxygens (including phenoxy) is 4. The predicted octanol–water partition coefficient (Wildman–Crippen LogP) is 4.76. The number of halogens is 1. The van der Waals surface area contributed by atoms with Crippen LogP contribution in [0, 0.1) is 0 Å². The summed E-state index contributed by atoms with van der Waals surface area (Å²) in [4.78, 5) is 32.5. The summed E-state index contributed by atoms with van der Waals surface area (Å²) in [6.07, 6.45) is 1.45. The molecule has 1 aliphatic heterocycles. The molecule has 0 saturated heterocycles. The Morgan fingerprint density at radius 1 is 1.10 bits per heavy atom. The van der Waals surface area contributed by atoms with E-state index < -0.39 is 12.0 Å². The van der Waals surface area contributed by atoms with Gasteiger partial charge in [0.2, 0.25) is 0 Å². The Labute approximate surface area is 239 Å². The maximum atomic E-state index is 14.0. The van der Waals surface area contributed by atoms with Crippen LogP contribution in [0.4, 0.5) is 0 Å². The second-order valence-electron chi connectivity index (χ2n) is 8.99. The summed E-state index contributed by atoms with van der Waals surface area (Å²) in [6.45, 7) is 10.1. The molecule has 8 nitrogen and oxygen atoms in total. The van der Waals surface area contributed by atoms with Gasteiger partial charge < -0.3 is 18.9 Å². The molecule has 2 aromatic carbocycles. The summed E-state index contributed by atoms with van der Waals surface area (Å²) in [5, 5.41) is 0. The molecular weight excluding hydrogens is 584 g/mol. The van der Waals surface area contributed by atoms with E-state index in [1.54, 1.807) is 44.6 Å². The lowest BCUT2D eigenvalue weighted by Gasteiger charge is -2.26. The van der Waals surface area contributed by atoms with Crippen LogP contribution < -0.4 is 29.1 Å². The number of benzene rings is 2. The molecule has 0 unspecified atom stereocenters. The number of thiazole rings is 1. The van der Waals surface area contributed by atoms with Crippen LogP contribution in [-0.4, -0.2) is 37.0 Å². The van der Waals surface area contributed by atoms with Gasteiger partial charge in [-0.2, -0.15) is 0 Å². The average Bonchev–Trinajstić information content (AvgIpc) is 3.18. The molecule has 0 amide bonds. The summed E-state index contributed by atoms with van der Waals surface area (Å²) in [5.41, 5.74) is 1.92. The van der Waals surface area contributed by atoms with Gasteiger partial charge in [-0.25, -0.2) is 9.79 Å². The van der Waals surface area contributed by atoms with E-state index in [0.717, 1.165) is 10.0 Å². The fraction of sp³-hybridized carbons (Fsp3) is 0.345. The van der Waals surface area contributed by atoms with Gasteiger partial charge in [0, 0.05) is 10.0 Å². The maximum absolute atomic E-state index is 14.0. The zero-order valence-corrected chi connectivity index (χ0v) is 25.1. The Morgan fingerprint density at radius 3 is 2.46 bits per heavy atom. The van der Waals surface area contributed by atoms with Crippen LogP contribution in [0.1, 0.15) is 51.8 Å². The third kappa shape index (κ3) is 5.96. The van der Waals surface area contributed by atoms with Crippen molar-refractivity contribution in [2.45, 2.75) is 46.8 Å². The van der Waals surface area contributed by atoms with Gasteiger partial charge in [0.25, 0.3) is 5.56 Å². The standard InChI is InChI=1S/C29H31BrN2O6S/c1-7-36-22-11-9-18(13-23(22)37-8-2)14-24-27(33)32-26(20-15-19(30)10-12-21(20)35-6)25(28(34)38-16(3)4)17(5)31-29(32)39-24/h9-16,26H,7-8H2,1-6H3/b24-14-/t26-/m1/s1. The Bertz CT molecular complexity index is 1600. The number of hydrogen-bond acceptors (Lipinski definition) is 8. The first-order valence-corrected chi connectivity index (χ1v) is 14.3. The van der Waals surface area contributed by atoms with E-state index in [-0.39, 0.29) is 11.7 Å². The molecule has 0 N–H and O–H groups in total. The van der Waals surface area contributed by atoms with E-state index in [1.807, 2.05) is 44.2 Å². The van der Waals surface area contributed by atoms with E-state index in [0.29, 0.717) is 56.6 Å². The van der Waals surface area contributed by atoms with Crippen molar-refractivity contribution in [1.82, 2.24) is 4.57 Å². The highest BCUT2D eigenvalue weighted by Crippen LogP contribution is 2.37. The first-order valence-electron chi connectivity index (χ1n) is 12.6. The molecule has 0 radical (unpaired) electrons. The minimum absolute atomic E-state index is 0.278. The Hall–Kier alpha value is -3.37. The SMILES string of the molecule is CCOc1ccc(/C=c2\sc3n(c2=O)[C@H](c2cc(Br)ccc2OC)C(C(=O)OC(C)C)=C(C)N=3)cc1OCC. The second kappa shape index (κ2) is 12.2. The summed E-state index contributed by atoms with van der Waals surface area (Å²) in [5.74, 6) is 1.26. The monoisotopic (exact) mass is 614 g/mol. The van der Waals surface area contributed by atoms with Crippen molar-refractivity contribution in [1.29, 1.82) is 0 Å². The molecule has 10 heteroatoms. The third-order valence-electron chi connectivity index (χ3n) is 5.94. The van der Waals surface area contributed by atoms with Crippen molar-refractivity contribution in [3.8, 4) is 17.2 Å². The molecule has 0 aliphatic carbocycles. The molecule has 0 spiro atoms. The number of allylic oxidation sites excluding steroid dienone is 1. The highest BCUT2D eigenvalue weighted by atomic mass is 79.9. The zero-order chi connectivity index (χ0) is 28.3.